The number of benzene rings is 1. The fraction of sp³-hybridized carbons (Fsp3) is 0.600. The Labute approximate surface area is 111 Å². The van der Waals surface area contributed by atoms with Gasteiger partial charge in [-0.1, -0.05) is 25.1 Å². The molecule has 2 unspecified atom stereocenters. The van der Waals surface area contributed by atoms with Crippen molar-refractivity contribution in [2.24, 2.45) is 0 Å². The van der Waals surface area contributed by atoms with Crippen LogP contribution in [0.3, 0.4) is 0 Å². The van der Waals surface area contributed by atoms with E-state index in [0.29, 0.717) is 6.04 Å². The molecule has 1 aromatic carbocycles. The van der Waals surface area contributed by atoms with Gasteiger partial charge in [0.15, 0.2) is 0 Å². The summed E-state index contributed by atoms with van der Waals surface area (Å²) in [5.41, 5.74) is 2.48. The van der Waals surface area contributed by atoms with Crippen LogP contribution in [0.1, 0.15) is 38.8 Å². The van der Waals surface area contributed by atoms with Crippen molar-refractivity contribution in [3.63, 3.8) is 0 Å². The van der Waals surface area contributed by atoms with Gasteiger partial charge >= 0.3 is 0 Å². The fourth-order valence-electron chi connectivity index (χ4n) is 2.01. The molecular formula is C15H26N2O. The van der Waals surface area contributed by atoms with Crippen molar-refractivity contribution in [2.75, 3.05) is 25.1 Å². The summed E-state index contributed by atoms with van der Waals surface area (Å²) >= 11 is 0. The zero-order chi connectivity index (χ0) is 13.5. The largest absolute Gasteiger partial charge is 0.394 e. The van der Waals surface area contributed by atoms with E-state index in [1.807, 2.05) is 20.0 Å². The number of hydrogen-bond acceptors (Lipinski definition) is 3. The molecule has 0 aliphatic carbocycles. The molecule has 3 heteroatoms. The lowest BCUT2D eigenvalue weighted by molar-refractivity contribution is 0.270. The lowest BCUT2D eigenvalue weighted by atomic mass is 10.0. The first-order valence-electron chi connectivity index (χ1n) is 6.77. The van der Waals surface area contributed by atoms with Gasteiger partial charge in [0, 0.05) is 24.8 Å². The Hall–Kier alpha value is -1.06. The van der Waals surface area contributed by atoms with E-state index in [1.165, 1.54) is 11.3 Å². The van der Waals surface area contributed by atoms with Gasteiger partial charge in [0.1, 0.15) is 0 Å². The molecule has 0 aliphatic rings. The Morgan fingerprint density at radius 3 is 2.56 bits per heavy atom. The molecule has 2 N–H and O–H groups in total. The maximum absolute atomic E-state index is 9.28. The molecule has 0 fully saturated rings. The summed E-state index contributed by atoms with van der Waals surface area (Å²) in [6, 6.07) is 8.85. The summed E-state index contributed by atoms with van der Waals surface area (Å²) in [7, 11) is 2.03. The molecule has 0 saturated carbocycles. The van der Waals surface area contributed by atoms with Gasteiger partial charge in [0.25, 0.3) is 0 Å². The topological polar surface area (TPSA) is 35.5 Å². The van der Waals surface area contributed by atoms with Crippen LogP contribution in [-0.2, 0) is 0 Å². The first kappa shape index (κ1) is 15.0. The molecule has 0 bridgehead atoms. The average Bonchev–Trinajstić information content (AvgIpc) is 2.43. The number of likely N-dealkylation sites (N-methyl/N-ethyl adjacent to an activating group) is 1. The summed E-state index contributed by atoms with van der Waals surface area (Å²) < 4.78 is 0. The minimum atomic E-state index is 0.129. The highest BCUT2D eigenvalue weighted by Crippen LogP contribution is 2.26. The third-order valence-electron chi connectivity index (χ3n) is 3.41. The number of aliphatic hydroxyl groups excluding tert-OH is 1. The number of hydrogen-bond donors (Lipinski definition) is 2. The number of anilines is 1. The maximum Gasteiger partial charge on any atom is 0.0632 e. The van der Waals surface area contributed by atoms with Crippen LogP contribution < -0.4 is 10.2 Å². The van der Waals surface area contributed by atoms with E-state index in [9.17, 15) is 5.11 Å². The Morgan fingerprint density at radius 1 is 1.28 bits per heavy atom. The molecule has 1 rings (SSSR count). The Balaban J connectivity index is 2.91. The van der Waals surface area contributed by atoms with E-state index in [1.54, 1.807) is 0 Å². The Bertz CT molecular complexity index is 354. The van der Waals surface area contributed by atoms with Crippen molar-refractivity contribution in [3.05, 3.63) is 29.8 Å². The molecule has 0 aliphatic heterocycles. The molecule has 0 saturated heterocycles. The predicted molar refractivity (Wildman–Crippen MR) is 78.1 cm³/mol. The van der Waals surface area contributed by atoms with E-state index >= 15 is 0 Å². The monoisotopic (exact) mass is 250 g/mol. The molecule has 0 spiro atoms. The van der Waals surface area contributed by atoms with E-state index < -0.39 is 0 Å². The second-order valence-electron chi connectivity index (χ2n) is 4.88. The molecule has 102 valence electrons. The molecule has 18 heavy (non-hydrogen) atoms. The highest BCUT2D eigenvalue weighted by atomic mass is 16.3. The van der Waals surface area contributed by atoms with Crippen LogP contribution in [0.5, 0.6) is 0 Å². The molecular weight excluding hydrogens is 224 g/mol. The van der Waals surface area contributed by atoms with Crippen molar-refractivity contribution >= 4 is 5.69 Å². The van der Waals surface area contributed by atoms with Gasteiger partial charge < -0.3 is 15.3 Å². The Morgan fingerprint density at radius 2 is 1.94 bits per heavy atom. The van der Waals surface area contributed by atoms with Crippen LogP contribution >= 0.6 is 0 Å². The third-order valence-corrected chi connectivity index (χ3v) is 3.41. The number of para-hydroxylation sites is 1. The minimum absolute atomic E-state index is 0.129. The van der Waals surface area contributed by atoms with Crippen LogP contribution in [0, 0.1) is 0 Å². The average molecular weight is 250 g/mol. The zero-order valence-corrected chi connectivity index (χ0v) is 12.0. The molecule has 1 aromatic rings. The van der Waals surface area contributed by atoms with Gasteiger partial charge in [-0.3, -0.25) is 0 Å². The number of aliphatic hydroxyl groups is 1. The first-order valence-corrected chi connectivity index (χ1v) is 6.77. The van der Waals surface area contributed by atoms with Gasteiger partial charge in [-0.15, -0.1) is 0 Å². The SMILES string of the molecule is CCCNC(C)c1ccccc1N(C)C(C)CO. The lowest BCUT2D eigenvalue weighted by Gasteiger charge is -2.29. The van der Waals surface area contributed by atoms with Crippen molar-refractivity contribution in [1.82, 2.24) is 5.32 Å². The van der Waals surface area contributed by atoms with Gasteiger partial charge in [-0.05, 0) is 38.4 Å². The zero-order valence-electron chi connectivity index (χ0n) is 12.0. The maximum atomic E-state index is 9.28. The number of nitrogens with zero attached hydrogens (tertiary/aromatic N) is 1. The van der Waals surface area contributed by atoms with Crippen LogP contribution in [-0.4, -0.2) is 31.3 Å². The van der Waals surface area contributed by atoms with Crippen LogP contribution in [0.25, 0.3) is 0 Å². The van der Waals surface area contributed by atoms with Crippen LogP contribution in [0.2, 0.25) is 0 Å². The lowest BCUT2D eigenvalue weighted by Crippen LogP contribution is -2.33. The molecule has 0 heterocycles. The van der Waals surface area contributed by atoms with Gasteiger partial charge in [0.05, 0.1) is 6.61 Å². The summed E-state index contributed by atoms with van der Waals surface area (Å²) in [5, 5.41) is 12.8. The molecule has 0 aromatic heterocycles. The highest BCUT2D eigenvalue weighted by molar-refractivity contribution is 5.55. The third kappa shape index (κ3) is 3.72. The predicted octanol–water partition coefficient (Wildman–Crippen LogP) is 2.56. The Kier molecular flexibility index (Phi) is 6.16. The van der Waals surface area contributed by atoms with Crippen molar-refractivity contribution < 1.29 is 5.11 Å². The molecule has 2 atom stereocenters. The van der Waals surface area contributed by atoms with Crippen molar-refractivity contribution in [3.8, 4) is 0 Å². The quantitative estimate of drug-likeness (QED) is 0.780. The van der Waals surface area contributed by atoms with Gasteiger partial charge in [0.2, 0.25) is 0 Å². The van der Waals surface area contributed by atoms with Crippen molar-refractivity contribution in [1.29, 1.82) is 0 Å². The summed E-state index contributed by atoms with van der Waals surface area (Å²) in [5.74, 6) is 0. The number of rotatable bonds is 7. The second kappa shape index (κ2) is 7.39. The summed E-state index contributed by atoms with van der Waals surface area (Å²) in [4.78, 5) is 2.14. The second-order valence-corrected chi connectivity index (χ2v) is 4.88. The van der Waals surface area contributed by atoms with Gasteiger partial charge in [-0.25, -0.2) is 0 Å². The standard InChI is InChI=1S/C15H26N2O/c1-5-10-16-13(3)14-8-6-7-9-15(14)17(4)12(2)11-18/h6-9,12-13,16,18H,5,10-11H2,1-4H3. The molecule has 3 nitrogen and oxygen atoms in total. The fourth-order valence-corrected chi connectivity index (χ4v) is 2.01. The first-order chi connectivity index (χ1) is 8.61. The van der Waals surface area contributed by atoms with Crippen LogP contribution in [0.4, 0.5) is 5.69 Å². The molecule has 0 radical (unpaired) electrons. The normalized spacial score (nSPS) is 14.3. The van der Waals surface area contributed by atoms with E-state index in [-0.39, 0.29) is 12.6 Å². The van der Waals surface area contributed by atoms with Crippen molar-refractivity contribution in [2.45, 2.75) is 39.3 Å². The smallest absolute Gasteiger partial charge is 0.0632 e. The van der Waals surface area contributed by atoms with E-state index in [2.05, 4.69) is 42.3 Å². The van der Waals surface area contributed by atoms with E-state index in [4.69, 9.17) is 0 Å². The minimum Gasteiger partial charge on any atom is -0.394 e. The highest BCUT2D eigenvalue weighted by Gasteiger charge is 2.15. The van der Waals surface area contributed by atoms with Crippen LogP contribution in [0.15, 0.2) is 24.3 Å². The van der Waals surface area contributed by atoms with Gasteiger partial charge in [-0.2, -0.15) is 0 Å². The van der Waals surface area contributed by atoms with E-state index in [0.717, 1.165) is 13.0 Å². The summed E-state index contributed by atoms with van der Waals surface area (Å²) in [6.07, 6.45) is 1.13. The summed E-state index contributed by atoms with van der Waals surface area (Å²) in [6.45, 7) is 7.58. The molecule has 0 amide bonds. The number of nitrogens with one attached hydrogen (secondary N) is 1.